The van der Waals surface area contributed by atoms with Gasteiger partial charge in [-0.15, -0.1) is 0 Å². The molecule has 0 fully saturated rings. The minimum Gasteiger partial charge on any atom is -1.00 e. The van der Waals surface area contributed by atoms with Crippen molar-refractivity contribution in [1.82, 2.24) is 0 Å². The van der Waals surface area contributed by atoms with Crippen LogP contribution >= 0.6 is 0 Å². The second-order valence-corrected chi connectivity index (χ2v) is 7.72. The van der Waals surface area contributed by atoms with Crippen molar-refractivity contribution in [1.29, 1.82) is 0 Å². The predicted octanol–water partition coefficient (Wildman–Crippen LogP) is 1.01. The molecule has 3 radical (unpaired) electrons. The first-order chi connectivity index (χ1) is 12.1. The number of carboxylic acid groups (broad SMARTS) is 3. The first-order valence-electron chi connectivity index (χ1n) is 9.06. The minimum absolute atomic E-state index is 0. The summed E-state index contributed by atoms with van der Waals surface area (Å²) in [6, 6.07) is -2.07. The quantitative estimate of drug-likeness (QED) is 0.185. The molecule has 0 bridgehead atoms. The molecular weight excluding hydrogens is 769 g/mol. The van der Waals surface area contributed by atoms with Gasteiger partial charge < -0.3 is 38.2 Å². The third-order valence-electron chi connectivity index (χ3n) is 3.13. The Labute approximate surface area is 328 Å². The predicted molar refractivity (Wildman–Crippen MR) is 121 cm³/mol. The van der Waals surface area contributed by atoms with E-state index in [1.54, 1.807) is 0 Å². The normalized spacial score (nSPS) is 10.6. The van der Waals surface area contributed by atoms with Crippen molar-refractivity contribution in [3.63, 3.8) is 0 Å². The van der Waals surface area contributed by atoms with Gasteiger partial charge in [0.15, 0.2) is 0 Å². The minimum atomic E-state index is -0.913. The van der Waals surface area contributed by atoms with Crippen molar-refractivity contribution < 1.29 is 140 Å². The van der Waals surface area contributed by atoms with Crippen LogP contribution in [0, 0.1) is 17.8 Å². The Bertz CT molecular complexity index is 435. The van der Waals surface area contributed by atoms with Crippen LogP contribution in [0.15, 0.2) is 0 Å². The molecule has 0 aromatic heterocycles. The zero-order valence-electron chi connectivity index (χ0n) is 25.3. The monoisotopic (exact) mass is 810 g/mol. The zero-order valence-corrected chi connectivity index (χ0v) is 33.4. The molecule has 0 aliphatic heterocycles. The van der Waals surface area contributed by atoms with Gasteiger partial charge >= 0.3 is 78.7 Å². The Balaban J connectivity index is -0.0000000148. The van der Waals surface area contributed by atoms with Crippen LogP contribution in [0.3, 0.4) is 0 Å². The zero-order chi connectivity index (χ0) is 22.3. The van der Waals surface area contributed by atoms with Crippen LogP contribution in [0.5, 0.6) is 0 Å². The van der Waals surface area contributed by atoms with E-state index < -0.39 is 36.0 Å². The average molecular weight is 813 g/mol. The Morgan fingerprint density at radius 3 is 0.829 bits per heavy atom. The van der Waals surface area contributed by atoms with Crippen LogP contribution in [-0.4, -0.2) is 112 Å². The van der Waals surface area contributed by atoms with E-state index in [0.29, 0.717) is 37.0 Å². The van der Waals surface area contributed by atoms with E-state index in [2.05, 4.69) is 0 Å². The van der Waals surface area contributed by atoms with E-state index in [9.17, 15) is 14.4 Å². The van der Waals surface area contributed by atoms with Gasteiger partial charge in [-0.3, -0.25) is 14.4 Å². The third-order valence-corrected chi connectivity index (χ3v) is 3.13. The van der Waals surface area contributed by atoms with E-state index in [0.717, 1.165) is 0 Å². The van der Waals surface area contributed by atoms with Gasteiger partial charge in [-0.1, -0.05) is 41.5 Å². The molecule has 0 aliphatic carbocycles. The van der Waals surface area contributed by atoms with Crippen molar-refractivity contribution in [3.8, 4) is 0 Å². The number of carbonyl (C=O) groups is 3. The largest absolute Gasteiger partial charge is 2.00 e. The molecule has 0 saturated carbocycles. The molecule has 0 aromatic carbocycles. The number of aliphatic carboxylic acids is 3. The fourth-order valence-electron chi connectivity index (χ4n) is 1.83. The van der Waals surface area contributed by atoms with E-state index in [1.807, 2.05) is 41.5 Å². The van der Waals surface area contributed by atoms with Crippen molar-refractivity contribution in [3.05, 3.63) is 0 Å². The molecule has 0 unspecified atom stereocenters. The Hall–Kier alpha value is 3.54. The molecule has 0 heterocycles. The van der Waals surface area contributed by atoms with Gasteiger partial charge in [0, 0.05) is 105 Å². The summed E-state index contributed by atoms with van der Waals surface area (Å²) in [4.78, 5) is 30.3. The molecule has 213 valence electrons. The van der Waals surface area contributed by atoms with E-state index >= 15 is 0 Å². The fraction of sp³-hybridized carbons (Fsp3) is 0.833. The second-order valence-electron chi connectivity index (χ2n) is 7.72. The number of hydrogen-bond donors (Lipinski definition) is 6. The first kappa shape index (κ1) is 71.6. The van der Waals surface area contributed by atoms with E-state index in [4.69, 9.17) is 32.5 Å². The molecule has 9 N–H and O–H groups in total. The van der Waals surface area contributed by atoms with Gasteiger partial charge in [0.25, 0.3) is 0 Å². The van der Waals surface area contributed by atoms with Gasteiger partial charge in [0.2, 0.25) is 0 Å². The molecule has 3 atom stereocenters. The molecule has 0 rings (SSSR count). The van der Waals surface area contributed by atoms with Crippen LogP contribution < -0.4 is 17.2 Å². The smallest absolute Gasteiger partial charge is 1.00 e. The second kappa shape index (κ2) is 44.6. The maximum absolute atomic E-state index is 10.1. The van der Waals surface area contributed by atoms with Crippen LogP contribution in [0.4, 0.5) is 0 Å². The van der Waals surface area contributed by atoms with Crippen LogP contribution in [0.1, 0.15) is 66.5 Å². The maximum atomic E-state index is 10.1. The number of rotatable bonds is 9. The summed E-state index contributed by atoms with van der Waals surface area (Å²) in [6.45, 7) is 11.7. The molecule has 0 amide bonds. The van der Waals surface area contributed by atoms with Crippen molar-refractivity contribution in [2.75, 3.05) is 0 Å². The summed E-state index contributed by atoms with van der Waals surface area (Å²) < 4.78 is 0. The number of carboxylic acids is 3. The summed E-state index contributed by atoms with van der Waals surface area (Å²) >= 11 is 0. The molecule has 35 heavy (non-hydrogen) atoms. The molecule has 0 spiro atoms. The molecule has 0 aromatic rings. The van der Waals surface area contributed by atoms with Crippen molar-refractivity contribution in [2.24, 2.45) is 35.0 Å². The van der Waals surface area contributed by atoms with Gasteiger partial charge in [-0.25, -0.2) is 0 Å². The SMILES string of the molecule is CC(C)C[C@H](N)C(=O)O.CC(C)C[C@H](N)C(=O)O.CC(C)C[C@H](N)C(=O)O.[Ca+2].[Co].[Cr].[Cu].[Fe].[H-].[H-].[H-].[H-].[Mg+2].[Mn].[Zn]. The van der Waals surface area contributed by atoms with E-state index in [1.165, 1.54) is 0 Å². The van der Waals surface area contributed by atoms with Crippen LogP contribution in [0.25, 0.3) is 0 Å². The number of nitrogens with two attached hydrogens (primary N) is 3. The Morgan fingerprint density at radius 2 is 0.800 bits per heavy atom. The fourth-order valence-corrected chi connectivity index (χ4v) is 1.83. The number of hydrogen-bond acceptors (Lipinski definition) is 6. The molecule has 0 aliphatic rings. The Kier molecular flexibility index (Phi) is 91.2. The van der Waals surface area contributed by atoms with Gasteiger partial charge in [-0.2, -0.15) is 0 Å². The third kappa shape index (κ3) is 62.5. The Morgan fingerprint density at radius 1 is 0.686 bits per heavy atom. The van der Waals surface area contributed by atoms with Crippen LogP contribution in [0.2, 0.25) is 0 Å². The van der Waals surface area contributed by atoms with Crippen molar-refractivity contribution >= 4 is 78.7 Å². The van der Waals surface area contributed by atoms with Gasteiger partial charge in [0.05, 0.1) is 0 Å². The molecular formula is C18H43CaCoCrCuFeMgMnN3O6Zn. The van der Waals surface area contributed by atoms with Crippen LogP contribution in [-0.2, 0) is 119 Å². The topological polar surface area (TPSA) is 190 Å². The summed E-state index contributed by atoms with van der Waals surface area (Å²) in [5.74, 6) is -1.67. The summed E-state index contributed by atoms with van der Waals surface area (Å²) in [7, 11) is 0. The van der Waals surface area contributed by atoms with Gasteiger partial charge in [-0.05, 0) is 37.0 Å². The maximum Gasteiger partial charge on any atom is 2.00 e. The summed E-state index contributed by atoms with van der Waals surface area (Å²) in [5, 5.41) is 24.9. The average Bonchev–Trinajstić information content (AvgIpc) is 2.46. The first-order valence-corrected chi connectivity index (χ1v) is 9.06. The summed E-state index contributed by atoms with van der Waals surface area (Å²) in [5.41, 5.74) is 15.7. The summed E-state index contributed by atoms with van der Waals surface area (Å²) in [6.07, 6.45) is 1.65. The van der Waals surface area contributed by atoms with Gasteiger partial charge in [0.1, 0.15) is 18.1 Å². The molecule has 9 nitrogen and oxygen atoms in total. The standard InChI is InChI=1S/3C6H13NO2.Ca.Co.Cr.Cu.Fe.Mg.Mn.Zn.4H/c3*1-4(2)3-5(7)6(8)9;;;;;;;;;;;;/h3*4-5H,3,7H2,1-2H3,(H,8,9);;;;;;;;;;;;/q;;;+2;;;;;+2;;;4*-1/t3*5-;;;;;;;;;;;;/m000............/s1. The molecule has 17 heteroatoms. The van der Waals surface area contributed by atoms with E-state index in [-0.39, 0.29) is 171 Å². The van der Waals surface area contributed by atoms with Crippen molar-refractivity contribution in [2.45, 2.75) is 78.9 Å². The molecule has 0 saturated heterocycles.